The predicted octanol–water partition coefficient (Wildman–Crippen LogP) is 5.23. The van der Waals surface area contributed by atoms with Gasteiger partial charge in [-0.25, -0.2) is 4.79 Å². The lowest BCUT2D eigenvalue weighted by Crippen LogP contribution is -2.25. The maximum absolute atomic E-state index is 11.0. The van der Waals surface area contributed by atoms with Gasteiger partial charge in [0.05, 0.1) is 5.25 Å². The zero-order valence-electron chi connectivity index (χ0n) is 15.8. The Morgan fingerprint density at radius 3 is 2.04 bits per heavy atom. The van der Waals surface area contributed by atoms with Gasteiger partial charge in [-0.1, -0.05) is 80.3 Å². The summed E-state index contributed by atoms with van der Waals surface area (Å²) in [6.07, 6.45) is 7.76. The van der Waals surface area contributed by atoms with Gasteiger partial charge in [-0.3, -0.25) is 0 Å². The van der Waals surface area contributed by atoms with Crippen LogP contribution in [0.2, 0.25) is 0 Å². The van der Waals surface area contributed by atoms with Crippen LogP contribution in [-0.2, 0) is 17.6 Å². The summed E-state index contributed by atoms with van der Waals surface area (Å²) in [7, 11) is 0. The SMILES string of the molecule is O=C(O)C(O)C(S)c1ccccc1CCCCCCCCc1ccccc1. The van der Waals surface area contributed by atoms with Crippen LogP contribution in [0.1, 0.15) is 60.5 Å². The van der Waals surface area contributed by atoms with Crippen molar-refractivity contribution >= 4 is 18.6 Å². The fraction of sp³-hybridized carbons (Fsp3) is 0.435. The van der Waals surface area contributed by atoms with E-state index < -0.39 is 17.3 Å². The minimum absolute atomic E-state index is 0.698. The lowest BCUT2D eigenvalue weighted by molar-refractivity contribution is -0.146. The van der Waals surface area contributed by atoms with E-state index in [9.17, 15) is 9.90 Å². The van der Waals surface area contributed by atoms with E-state index >= 15 is 0 Å². The summed E-state index contributed by atoms with van der Waals surface area (Å²) in [6.45, 7) is 0. The van der Waals surface area contributed by atoms with Crippen LogP contribution >= 0.6 is 12.6 Å². The molecule has 0 aliphatic heterocycles. The maximum Gasteiger partial charge on any atom is 0.334 e. The van der Waals surface area contributed by atoms with Crippen LogP contribution in [0.25, 0.3) is 0 Å². The van der Waals surface area contributed by atoms with E-state index in [0.29, 0.717) is 0 Å². The van der Waals surface area contributed by atoms with Crippen molar-refractivity contribution in [3.63, 3.8) is 0 Å². The van der Waals surface area contributed by atoms with Gasteiger partial charge in [0.2, 0.25) is 0 Å². The van der Waals surface area contributed by atoms with E-state index in [1.54, 1.807) is 0 Å². The number of hydrogen-bond donors (Lipinski definition) is 3. The molecular formula is C23H30O3S. The van der Waals surface area contributed by atoms with Crippen molar-refractivity contribution < 1.29 is 15.0 Å². The van der Waals surface area contributed by atoms with Crippen LogP contribution in [-0.4, -0.2) is 22.3 Å². The Balaban J connectivity index is 1.66. The number of carbonyl (C=O) groups is 1. The number of rotatable bonds is 12. The second-order valence-electron chi connectivity index (χ2n) is 7.03. The van der Waals surface area contributed by atoms with Crippen LogP contribution in [0.4, 0.5) is 0 Å². The van der Waals surface area contributed by atoms with Gasteiger partial charge in [0.25, 0.3) is 0 Å². The first-order chi connectivity index (χ1) is 13.1. The third-order valence-corrected chi connectivity index (χ3v) is 5.49. The molecule has 2 aromatic carbocycles. The molecule has 0 radical (unpaired) electrons. The third-order valence-electron chi connectivity index (χ3n) is 4.93. The molecule has 0 saturated carbocycles. The molecule has 0 aliphatic carbocycles. The molecule has 3 nitrogen and oxygen atoms in total. The number of aliphatic carboxylic acids is 1. The first kappa shape index (κ1) is 21.5. The highest BCUT2D eigenvalue weighted by Crippen LogP contribution is 2.28. The zero-order chi connectivity index (χ0) is 19.5. The van der Waals surface area contributed by atoms with Gasteiger partial charge in [0.1, 0.15) is 0 Å². The molecule has 0 saturated heterocycles. The Morgan fingerprint density at radius 2 is 1.37 bits per heavy atom. The summed E-state index contributed by atoms with van der Waals surface area (Å²) in [4.78, 5) is 11.0. The van der Waals surface area contributed by atoms with E-state index in [1.165, 1.54) is 37.7 Å². The van der Waals surface area contributed by atoms with E-state index in [4.69, 9.17) is 5.11 Å². The number of unbranched alkanes of at least 4 members (excludes halogenated alkanes) is 5. The number of aryl methyl sites for hydroxylation is 2. The Kier molecular flexibility index (Phi) is 9.43. The number of carboxylic acid groups (broad SMARTS) is 1. The standard InChI is InChI=1S/C23H30O3S/c24-21(23(25)26)22(27)20-17-11-10-16-19(20)15-9-4-2-1-3-6-12-18-13-7-5-8-14-18/h5,7-8,10-11,13-14,16-17,21-22,24,27H,1-4,6,9,12,15H2,(H,25,26). The minimum Gasteiger partial charge on any atom is -0.479 e. The van der Waals surface area contributed by atoms with E-state index in [0.717, 1.165) is 30.4 Å². The van der Waals surface area contributed by atoms with Gasteiger partial charge in [-0.05, 0) is 42.4 Å². The summed E-state index contributed by atoms with van der Waals surface area (Å²) in [5, 5.41) is 18.1. The molecule has 0 aliphatic rings. The van der Waals surface area contributed by atoms with Crippen molar-refractivity contribution in [2.75, 3.05) is 0 Å². The summed E-state index contributed by atoms with van der Waals surface area (Å²) in [5.41, 5.74) is 3.32. The van der Waals surface area contributed by atoms with Crippen molar-refractivity contribution in [2.24, 2.45) is 0 Å². The molecule has 0 spiro atoms. The molecule has 0 heterocycles. The van der Waals surface area contributed by atoms with Crippen LogP contribution in [0.5, 0.6) is 0 Å². The number of hydrogen-bond acceptors (Lipinski definition) is 3. The minimum atomic E-state index is -1.49. The molecule has 2 rings (SSSR count). The van der Waals surface area contributed by atoms with Crippen molar-refractivity contribution in [1.82, 2.24) is 0 Å². The summed E-state index contributed by atoms with van der Waals surface area (Å²) in [6, 6.07) is 18.3. The molecule has 2 unspecified atom stereocenters. The third kappa shape index (κ3) is 7.39. The highest BCUT2D eigenvalue weighted by Gasteiger charge is 2.25. The van der Waals surface area contributed by atoms with Gasteiger partial charge < -0.3 is 10.2 Å². The number of carboxylic acids is 1. The molecule has 2 atom stereocenters. The Labute approximate surface area is 167 Å². The van der Waals surface area contributed by atoms with Crippen LogP contribution in [0, 0.1) is 0 Å². The fourth-order valence-electron chi connectivity index (χ4n) is 3.35. The fourth-order valence-corrected chi connectivity index (χ4v) is 3.73. The molecule has 2 aromatic rings. The van der Waals surface area contributed by atoms with Gasteiger partial charge >= 0.3 is 5.97 Å². The van der Waals surface area contributed by atoms with Gasteiger partial charge in [-0.15, -0.1) is 0 Å². The molecule has 0 bridgehead atoms. The second-order valence-corrected chi connectivity index (χ2v) is 7.59. The summed E-state index contributed by atoms with van der Waals surface area (Å²) < 4.78 is 0. The molecule has 27 heavy (non-hydrogen) atoms. The predicted molar refractivity (Wildman–Crippen MR) is 113 cm³/mol. The highest BCUT2D eigenvalue weighted by atomic mass is 32.1. The number of benzene rings is 2. The lowest BCUT2D eigenvalue weighted by atomic mass is 9.96. The highest BCUT2D eigenvalue weighted by molar-refractivity contribution is 7.80. The van der Waals surface area contributed by atoms with E-state index in [2.05, 4.69) is 43.0 Å². The van der Waals surface area contributed by atoms with E-state index in [-0.39, 0.29) is 0 Å². The molecule has 2 N–H and O–H groups in total. The molecule has 0 amide bonds. The van der Waals surface area contributed by atoms with Gasteiger partial charge in [0.15, 0.2) is 6.10 Å². The van der Waals surface area contributed by atoms with Gasteiger partial charge in [0, 0.05) is 0 Å². The second kappa shape index (κ2) is 11.8. The van der Waals surface area contributed by atoms with Crippen LogP contribution < -0.4 is 0 Å². The van der Waals surface area contributed by atoms with E-state index in [1.807, 2.05) is 24.3 Å². The maximum atomic E-state index is 11.0. The van der Waals surface area contributed by atoms with Crippen molar-refractivity contribution in [3.8, 4) is 0 Å². The van der Waals surface area contributed by atoms with Crippen LogP contribution in [0.15, 0.2) is 54.6 Å². The number of aliphatic hydroxyl groups is 1. The monoisotopic (exact) mass is 386 g/mol. The van der Waals surface area contributed by atoms with Crippen molar-refractivity contribution in [1.29, 1.82) is 0 Å². The Hall–Kier alpha value is -1.78. The average Bonchev–Trinajstić information content (AvgIpc) is 2.70. The number of aliphatic hydroxyl groups excluding tert-OH is 1. The molecule has 0 fully saturated rings. The first-order valence-electron chi connectivity index (χ1n) is 9.80. The van der Waals surface area contributed by atoms with Gasteiger partial charge in [-0.2, -0.15) is 12.6 Å². The molecule has 4 heteroatoms. The lowest BCUT2D eigenvalue weighted by Gasteiger charge is -2.18. The Bertz CT molecular complexity index is 687. The summed E-state index contributed by atoms with van der Waals surface area (Å²) >= 11 is 4.32. The molecule has 146 valence electrons. The molecule has 0 aromatic heterocycles. The zero-order valence-corrected chi connectivity index (χ0v) is 16.7. The van der Waals surface area contributed by atoms with Crippen LogP contribution in [0.3, 0.4) is 0 Å². The topological polar surface area (TPSA) is 57.5 Å². The largest absolute Gasteiger partial charge is 0.479 e. The molecular weight excluding hydrogens is 356 g/mol. The average molecular weight is 387 g/mol. The normalized spacial score (nSPS) is 13.3. The smallest absolute Gasteiger partial charge is 0.334 e. The number of thiol groups is 1. The first-order valence-corrected chi connectivity index (χ1v) is 10.3. The van der Waals surface area contributed by atoms with Crippen molar-refractivity contribution in [2.45, 2.75) is 62.7 Å². The quantitative estimate of drug-likeness (QED) is 0.346. The Morgan fingerprint density at radius 1 is 0.815 bits per heavy atom. The summed E-state index contributed by atoms with van der Waals surface area (Å²) in [5.74, 6) is -1.24. The van der Waals surface area contributed by atoms with Crippen molar-refractivity contribution in [3.05, 3.63) is 71.3 Å².